The Morgan fingerprint density at radius 3 is 2.28 bits per heavy atom. The molecule has 8 heteroatoms. The Morgan fingerprint density at radius 1 is 1.22 bits per heavy atom. The van der Waals surface area contributed by atoms with E-state index in [9.17, 15) is 27.9 Å². The molecule has 104 valence electrons. The molecular weight excluding hydrogens is 253 g/mol. The van der Waals surface area contributed by atoms with Crippen LogP contribution in [0, 0.1) is 5.92 Å². The molecule has 1 unspecified atom stereocenters. The standard InChI is InChI=1S/C10H15F3N2O3/c11-10(12,13)5-15-9(18)8(17)14-4-3-7(16)6-1-2-6/h6-7,16H,1-5H2,(H,14,17)(H,15,18). The predicted molar refractivity (Wildman–Crippen MR) is 55.4 cm³/mol. The van der Waals surface area contributed by atoms with Crippen LogP contribution in [-0.4, -0.2) is 42.3 Å². The maximum Gasteiger partial charge on any atom is 0.405 e. The van der Waals surface area contributed by atoms with E-state index in [1.807, 2.05) is 0 Å². The molecule has 0 aromatic carbocycles. The molecule has 2 amide bonds. The lowest BCUT2D eigenvalue weighted by molar-refractivity contribution is -0.146. The average Bonchev–Trinajstić information content (AvgIpc) is 3.08. The van der Waals surface area contributed by atoms with Gasteiger partial charge in [-0.25, -0.2) is 0 Å². The predicted octanol–water partition coefficient (Wildman–Crippen LogP) is -0.0579. The van der Waals surface area contributed by atoms with Crippen LogP contribution in [0.15, 0.2) is 0 Å². The van der Waals surface area contributed by atoms with Gasteiger partial charge in [0.15, 0.2) is 0 Å². The van der Waals surface area contributed by atoms with Crippen LogP contribution in [0.1, 0.15) is 19.3 Å². The molecule has 5 nitrogen and oxygen atoms in total. The van der Waals surface area contributed by atoms with Crippen LogP contribution in [0.4, 0.5) is 13.2 Å². The molecule has 0 bridgehead atoms. The van der Waals surface area contributed by atoms with Crippen molar-refractivity contribution in [1.82, 2.24) is 10.6 Å². The smallest absolute Gasteiger partial charge is 0.393 e. The first-order valence-electron chi connectivity index (χ1n) is 5.60. The van der Waals surface area contributed by atoms with Crippen molar-refractivity contribution >= 4 is 11.8 Å². The van der Waals surface area contributed by atoms with Crippen molar-refractivity contribution in [1.29, 1.82) is 0 Å². The van der Waals surface area contributed by atoms with Crippen LogP contribution in [0.5, 0.6) is 0 Å². The number of carbonyl (C=O) groups excluding carboxylic acids is 2. The van der Waals surface area contributed by atoms with Crippen molar-refractivity contribution in [2.75, 3.05) is 13.1 Å². The molecule has 0 aliphatic heterocycles. The lowest BCUT2D eigenvalue weighted by Crippen LogP contribution is -2.44. The van der Waals surface area contributed by atoms with Gasteiger partial charge in [-0.15, -0.1) is 0 Å². The number of carbonyl (C=O) groups is 2. The molecule has 0 aromatic rings. The summed E-state index contributed by atoms with van der Waals surface area (Å²) in [5.41, 5.74) is 0. The van der Waals surface area contributed by atoms with Crippen molar-refractivity contribution < 1.29 is 27.9 Å². The van der Waals surface area contributed by atoms with Gasteiger partial charge in [-0.3, -0.25) is 9.59 Å². The van der Waals surface area contributed by atoms with Gasteiger partial charge in [0, 0.05) is 6.54 Å². The van der Waals surface area contributed by atoms with Gasteiger partial charge in [-0.2, -0.15) is 13.2 Å². The molecule has 0 spiro atoms. The summed E-state index contributed by atoms with van der Waals surface area (Å²) in [6, 6.07) is 0. The zero-order chi connectivity index (χ0) is 13.8. The molecular formula is C10H15F3N2O3. The summed E-state index contributed by atoms with van der Waals surface area (Å²) in [5.74, 6) is -2.20. The zero-order valence-electron chi connectivity index (χ0n) is 9.59. The van der Waals surface area contributed by atoms with Crippen LogP contribution in [0.3, 0.4) is 0 Å². The second kappa shape index (κ2) is 6.03. The molecule has 1 aliphatic carbocycles. The van der Waals surface area contributed by atoms with Crippen molar-refractivity contribution in [3.63, 3.8) is 0 Å². The van der Waals surface area contributed by atoms with Crippen LogP contribution in [0.25, 0.3) is 0 Å². The number of amides is 2. The van der Waals surface area contributed by atoms with Gasteiger partial charge in [-0.05, 0) is 25.2 Å². The maximum absolute atomic E-state index is 11.8. The van der Waals surface area contributed by atoms with E-state index in [-0.39, 0.29) is 12.5 Å². The number of aliphatic hydroxyl groups excluding tert-OH is 1. The van der Waals surface area contributed by atoms with Crippen LogP contribution in [0.2, 0.25) is 0 Å². The normalized spacial score (nSPS) is 17.1. The summed E-state index contributed by atoms with van der Waals surface area (Å²) < 4.78 is 35.3. The van der Waals surface area contributed by atoms with E-state index in [1.54, 1.807) is 0 Å². The van der Waals surface area contributed by atoms with Crippen LogP contribution < -0.4 is 10.6 Å². The largest absolute Gasteiger partial charge is 0.405 e. The SMILES string of the molecule is O=C(NCCC(O)C1CC1)C(=O)NCC(F)(F)F. The van der Waals surface area contributed by atoms with Crippen LogP contribution in [-0.2, 0) is 9.59 Å². The van der Waals surface area contributed by atoms with Crippen LogP contribution >= 0.6 is 0 Å². The summed E-state index contributed by atoms with van der Waals surface area (Å²) >= 11 is 0. The highest BCUT2D eigenvalue weighted by atomic mass is 19.4. The van der Waals surface area contributed by atoms with Crippen molar-refractivity contribution in [3.05, 3.63) is 0 Å². The first kappa shape index (κ1) is 14.7. The minimum absolute atomic E-state index is 0.0654. The second-order valence-electron chi connectivity index (χ2n) is 4.25. The van der Waals surface area contributed by atoms with Gasteiger partial charge in [0.05, 0.1) is 6.10 Å². The summed E-state index contributed by atoms with van der Waals surface area (Å²) in [7, 11) is 0. The average molecular weight is 268 g/mol. The molecule has 0 saturated heterocycles. The van der Waals surface area contributed by atoms with E-state index in [4.69, 9.17) is 0 Å². The lowest BCUT2D eigenvalue weighted by Gasteiger charge is -2.10. The van der Waals surface area contributed by atoms with E-state index in [2.05, 4.69) is 5.32 Å². The Morgan fingerprint density at radius 2 is 1.78 bits per heavy atom. The Hall–Kier alpha value is -1.31. The summed E-state index contributed by atoms with van der Waals surface area (Å²) in [5, 5.41) is 13.1. The number of alkyl halides is 3. The summed E-state index contributed by atoms with van der Waals surface area (Å²) in [6.07, 6.45) is -2.88. The van der Waals surface area contributed by atoms with Crippen molar-refractivity contribution in [2.24, 2.45) is 5.92 Å². The first-order chi connectivity index (χ1) is 8.29. The molecule has 3 N–H and O–H groups in total. The lowest BCUT2D eigenvalue weighted by atomic mass is 10.2. The van der Waals surface area contributed by atoms with Gasteiger partial charge in [0.1, 0.15) is 6.54 Å². The molecule has 0 aromatic heterocycles. The third kappa shape index (κ3) is 5.85. The number of halogens is 3. The molecule has 1 aliphatic rings. The minimum Gasteiger partial charge on any atom is -0.393 e. The van der Waals surface area contributed by atoms with E-state index in [0.29, 0.717) is 6.42 Å². The fourth-order valence-electron chi connectivity index (χ4n) is 1.39. The van der Waals surface area contributed by atoms with Gasteiger partial charge in [-0.1, -0.05) is 0 Å². The van der Waals surface area contributed by atoms with Crippen molar-refractivity contribution in [2.45, 2.75) is 31.5 Å². The van der Waals surface area contributed by atoms with Crippen molar-refractivity contribution in [3.8, 4) is 0 Å². The molecule has 1 fully saturated rings. The highest BCUT2D eigenvalue weighted by Gasteiger charge is 2.30. The number of aliphatic hydroxyl groups is 1. The number of hydrogen-bond donors (Lipinski definition) is 3. The Labute approximate surface area is 102 Å². The molecule has 0 radical (unpaired) electrons. The van der Waals surface area contributed by atoms with E-state index < -0.39 is 30.6 Å². The third-order valence-electron chi connectivity index (χ3n) is 2.55. The Balaban J connectivity index is 2.13. The Kier molecular flexibility index (Phi) is 4.94. The molecule has 18 heavy (non-hydrogen) atoms. The number of hydrogen-bond acceptors (Lipinski definition) is 3. The third-order valence-corrected chi connectivity index (χ3v) is 2.55. The van der Waals surface area contributed by atoms with E-state index in [0.717, 1.165) is 12.8 Å². The highest BCUT2D eigenvalue weighted by molar-refractivity contribution is 6.35. The Bertz CT molecular complexity index is 316. The monoisotopic (exact) mass is 268 g/mol. The quantitative estimate of drug-likeness (QED) is 0.611. The number of nitrogens with one attached hydrogen (secondary N) is 2. The highest BCUT2D eigenvalue weighted by Crippen LogP contribution is 2.33. The fourth-order valence-corrected chi connectivity index (χ4v) is 1.39. The number of rotatable bonds is 5. The van der Waals surface area contributed by atoms with E-state index in [1.165, 1.54) is 5.32 Å². The first-order valence-corrected chi connectivity index (χ1v) is 5.60. The molecule has 1 atom stereocenters. The molecule has 0 heterocycles. The summed E-state index contributed by atoms with van der Waals surface area (Å²) in [6.45, 7) is -1.47. The zero-order valence-corrected chi connectivity index (χ0v) is 9.59. The molecule has 1 rings (SSSR count). The second-order valence-corrected chi connectivity index (χ2v) is 4.25. The van der Waals surface area contributed by atoms with Gasteiger partial charge in [0.2, 0.25) is 0 Å². The molecule has 1 saturated carbocycles. The summed E-state index contributed by atoms with van der Waals surface area (Å²) in [4.78, 5) is 22.0. The van der Waals surface area contributed by atoms with E-state index >= 15 is 0 Å². The minimum atomic E-state index is -4.54. The van der Waals surface area contributed by atoms with Gasteiger partial charge < -0.3 is 15.7 Å². The van der Waals surface area contributed by atoms with Gasteiger partial charge in [0.25, 0.3) is 0 Å². The topological polar surface area (TPSA) is 78.4 Å². The maximum atomic E-state index is 11.8. The fraction of sp³-hybridized carbons (Fsp3) is 0.800. The van der Waals surface area contributed by atoms with Gasteiger partial charge >= 0.3 is 18.0 Å².